The Bertz CT molecular complexity index is 818. The second-order valence-electron chi connectivity index (χ2n) is 9.22. The molecule has 0 aromatic heterocycles. The third kappa shape index (κ3) is 6.87. The van der Waals surface area contributed by atoms with E-state index in [2.05, 4.69) is 38.7 Å². The molecule has 2 amide bonds. The maximum absolute atomic E-state index is 12.0. The van der Waals surface area contributed by atoms with Crippen LogP contribution >= 0.6 is 0 Å². The van der Waals surface area contributed by atoms with E-state index < -0.39 is 5.60 Å². The van der Waals surface area contributed by atoms with E-state index in [9.17, 15) is 9.59 Å². The van der Waals surface area contributed by atoms with E-state index in [1.807, 2.05) is 31.7 Å². The van der Waals surface area contributed by atoms with Crippen LogP contribution in [0.15, 0.2) is 29.3 Å². The molecule has 0 saturated carbocycles. The van der Waals surface area contributed by atoms with Gasteiger partial charge in [-0.3, -0.25) is 9.79 Å². The predicted molar refractivity (Wildman–Crippen MR) is 121 cm³/mol. The number of ether oxygens (including phenoxy) is 1. The van der Waals surface area contributed by atoms with Gasteiger partial charge in [-0.05, 0) is 44.7 Å². The summed E-state index contributed by atoms with van der Waals surface area (Å²) in [6.07, 6.45) is 2.09. The van der Waals surface area contributed by atoms with Crippen LogP contribution in [0, 0.1) is 0 Å². The highest BCUT2D eigenvalue weighted by molar-refractivity contribution is 5.80. The van der Waals surface area contributed by atoms with Gasteiger partial charge in [-0.2, -0.15) is 0 Å². The number of hydrogen-bond donors (Lipinski definition) is 2. The monoisotopic (exact) mass is 429 g/mol. The molecule has 0 aliphatic carbocycles. The van der Waals surface area contributed by atoms with Gasteiger partial charge >= 0.3 is 6.09 Å². The number of nitrogens with zero attached hydrogens (tertiary/aromatic N) is 3. The van der Waals surface area contributed by atoms with Crippen molar-refractivity contribution in [3.05, 3.63) is 35.4 Å². The predicted octanol–water partition coefficient (Wildman–Crippen LogP) is 2.48. The van der Waals surface area contributed by atoms with Crippen LogP contribution in [0.25, 0.3) is 0 Å². The first-order valence-electron chi connectivity index (χ1n) is 11.0. The van der Waals surface area contributed by atoms with Crippen molar-refractivity contribution in [1.82, 2.24) is 20.4 Å². The molecule has 1 atom stereocenters. The van der Waals surface area contributed by atoms with Gasteiger partial charge in [0.2, 0.25) is 5.91 Å². The number of rotatable bonds is 5. The molecular weight excluding hydrogens is 394 g/mol. The standard InChI is InChI=1S/C23H35N5O3/c1-23(2,3)31-22(30)26-19-10-12-28(16-19)21(24-4)25-14-17-7-5-8-18(13-17)15-27-11-6-9-20(27)29/h5,7-8,13,19H,6,9-12,14-16H2,1-4H3,(H,24,25)(H,26,30). The molecule has 1 aromatic carbocycles. The zero-order chi connectivity index (χ0) is 22.4. The van der Waals surface area contributed by atoms with Crippen LogP contribution < -0.4 is 10.6 Å². The van der Waals surface area contributed by atoms with E-state index in [1.165, 1.54) is 0 Å². The molecule has 31 heavy (non-hydrogen) atoms. The SMILES string of the molecule is CN=C(NCc1cccc(CN2CCCC2=O)c1)N1CCC(NC(=O)OC(C)(C)C)C1. The number of nitrogens with one attached hydrogen (secondary N) is 2. The quantitative estimate of drug-likeness (QED) is 0.555. The molecule has 8 heteroatoms. The van der Waals surface area contributed by atoms with Crippen molar-refractivity contribution in [2.75, 3.05) is 26.7 Å². The Morgan fingerprint density at radius 3 is 2.71 bits per heavy atom. The largest absolute Gasteiger partial charge is 0.444 e. The summed E-state index contributed by atoms with van der Waals surface area (Å²) in [5.74, 6) is 1.06. The smallest absolute Gasteiger partial charge is 0.407 e. The van der Waals surface area contributed by atoms with E-state index >= 15 is 0 Å². The Balaban J connectivity index is 1.49. The molecule has 2 saturated heterocycles. The first kappa shape index (κ1) is 22.9. The van der Waals surface area contributed by atoms with Crippen LogP contribution in [0.5, 0.6) is 0 Å². The molecule has 2 N–H and O–H groups in total. The second kappa shape index (κ2) is 10.0. The molecule has 2 aliphatic heterocycles. The van der Waals surface area contributed by atoms with Gasteiger partial charge in [0.15, 0.2) is 5.96 Å². The summed E-state index contributed by atoms with van der Waals surface area (Å²) >= 11 is 0. The maximum atomic E-state index is 12.0. The molecule has 2 fully saturated rings. The van der Waals surface area contributed by atoms with E-state index in [0.29, 0.717) is 26.1 Å². The highest BCUT2D eigenvalue weighted by Gasteiger charge is 2.28. The van der Waals surface area contributed by atoms with E-state index in [4.69, 9.17) is 4.74 Å². The average molecular weight is 430 g/mol. The van der Waals surface area contributed by atoms with Gasteiger partial charge in [-0.15, -0.1) is 0 Å². The van der Waals surface area contributed by atoms with Crippen molar-refractivity contribution >= 4 is 18.0 Å². The number of benzene rings is 1. The molecule has 1 unspecified atom stereocenters. The summed E-state index contributed by atoms with van der Waals surface area (Å²) in [5.41, 5.74) is 1.79. The summed E-state index contributed by atoms with van der Waals surface area (Å²) in [6.45, 7) is 9.25. The number of aliphatic imine (C=N–C) groups is 1. The number of carbonyl (C=O) groups is 2. The van der Waals surface area contributed by atoms with Crippen LogP contribution in [0.2, 0.25) is 0 Å². The number of amides is 2. The third-order valence-corrected chi connectivity index (χ3v) is 5.41. The molecular formula is C23H35N5O3. The van der Waals surface area contributed by atoms with Crippen molar-refractivity contribution in [3.63, 3.8) is 0 Å². The highest BCUT2D eigenvalue weighted by atomic mass is 16.6. The fourth-order valence-corrected chi connectivity index (χ4v) is 3.99. The van der Waals surface area contributed by atoms with Crippen LogP contribution in [-0.2, 0) is 22.6 Å². The fourth-order valence-electron chi connectivity index (χ4n) is 3.99. The van der Waals surface area contributed by atoms with E-state index in [1.54, 1.807) is 7.05 Å². The highest BCUT2D eigenvalue weighted by Crippen LogP contribution is 2.16. The molecule has 0 spiro atoms. The number of carbonyl (C=O) groups excluding carboxylic acids is 2. The lowest BCUT2D eigenvalue weighted by molar-refractivity contribution is -0.128. The number of hydrogen-bond acceptors (Lipinski definition) is 4. The number of alkyl carbamates (subject to hydrolysis) is 1. The average Bonchev–Trinajstić information content (AvgIpc) is 3.30. The third-order valence-electron chi connectivity index (χ3n) is 5.41. The Morgan fingerprint density at radius 1 is 1.26 bits per heavy atom. The lowest BCUT2D eigenvalue weighted by atomic mass is 10.1. The molecule has 2 aliphatic rings. The van der Waals surface area contributed by atoms with Crippen molar-refractivity contribution in [2.24, 2.45) is 4.99 Å². The van der Waals surface area contributed by atoms with E-state index in [-0.39, 0.29) is 18.0 Å². The maximum Gasteiger partial charge on any atom is 0.407 e. The molecule has 3 rings (SSSR count). The molecule has 2 heterocycles. The topological polar surface area (TPSA) is 86.3 Å². The summed E-state index contributed by atoms with van der Waals surface area (Å²) in [4.78, 5) is 32.4. The summed E-state index contributed by atoms with van der Waals surface area (Å²) in [7, 11) is 1.77. The number of guanidine groups is 1. The van der Waals surface area contributed by atoms with Crippen LogP contribution in [0.4, 0.5) is 4.79 Å². The Morgan fingerprint density at radius 2 is 2.03 bits per heavy atom. The van der Waals surface area contributed by atoms with Gasteiger partial charge < -0.3 is 25.2 Å². The lowest BCUT2D eigenvalue weighted by Crippen LogP contribution is -2.44. The van der Waals surface area contributed by atoms with Gasteiger partial charge in [-0.1, -0.05) is 24.3 Å². The Kier molecular flexibility index (Phi) is 7.41. The van der Waals surface area contributed by atoms with E-state index in [0.717, 1.165) is 43.0 Å². The minimum absolute atomic E-state index is 0.0368. The van der Waals surface area contributed by atoms with Gasteiger partial charge in [0.1, 0.15) is 5.60 Å². The molecule has 0 bridgehead atoms. The number of likely N-dealkylation sites (tertiary alicyclic amines) is 2. The first-order valence-corrected chi connectivity index (χ1v) is 11.0. The van der Waals surface area contributed by atoms with Crippen molar-refractivity contribution in [3.8, 4) is 0 Å². The molecule has 8 nitrogen and oxygen atoms in total. The van der Waals surface area contributed by atoms with Gasteiger partial charge in [0, 0.05) is 46.2 Å². The van der Waals surface area contributed by atoms with Gasteiger partial charge in [0.05, 0.1) is 6.04 Å². The Labute approximate surface area is 185 Å². The van der Waals surface area contributed by atoms with Crippen molar-refractivity contribution in [2.45, 2.75) is 64.8 Å². The zero-order valence-corrected chi connectivity index (χ0v) is 19.1. The van der Waals surface area contributed by atoms with Crippen LogP contribution in [0.1, 0.15) is 51.2 Å². The van der Waals surface area contributed by atoms with Crippen molar-refractivity contribution < 1.29 is 14.3 Å². The molecule has 1 aromatic rings. The van der Waals surface area contributed by atoms with Gasteiger partial charge in [-0.25, -0.2) is 4.79 Å². The summed E-state index contributed by atoms with van der Waals surface area (Å²) in [6, 6.07) is 8.36. The summed E-state index contributed by atoms with van der Waals surface area (Å²) < 4.78 is 5.35. The molecule has 170 valence electrons. The second-order valence-corrected chi connectivity index (χ2v) is 9.22. The summed E-state index contributed by atoms with van der Waals surface area (Å²) in [5, 5.41) is 6.37. The first-order chi connectivity index (χ1) is 14.7. The fraction of sp³-hybridized carbons (Fsp3) is 0.609. The van der Waals surface area contributed by atoms with Crippen LogP contribution in [-0.4, -0.2) is 66.1 Å². The minimum Gasteiger partial charge on any atom is -0.444 e. The van der Waals surface area contributed by atoms with Crippen LogP contribution in [0.3, 0.4) is 0 Å². The minimum atomic E-state index is -0.503. The normalized spacial score (nSPS) is 19.7. The molecule has 0 radical (unpaired) electrons. The van der Waals surface area contributed by atoms with Gasteiger partial charge in [0.25, 0.3) is 0 Å². The lowest BCUT2D eigenvalue weighted by Gasteiger charge is -2.23. The Hall–Kier alpha value is -2.77. The zero-order valence-electron chi connectivity index (χ0n) is 19.1. The van der Waals surface area contributed by atoms with Crippen molar-refractivity contribution in [1.29, 1.82) is 0 Å².